The maximum Gasteiger partial charge on any atom is 0.244 e. The van der Waals surface area contributed by atoms with Crippen LogP contribution in [-0.2, 0) is 15.8 Å². The summed E-state index contributed by atoms with van der Waals surface area (Å²) in [6.45, 7) is 4.50. The van der Waals surface area contributed by atoms with Crippen molar-refractivity contribution in [2.75, 3.05) is 18.4 Å². The summed E-state index contributed by atoms with van der Waals surface area (Å²) in [5.74, 6) is 0.598. The number of fused-ring (bicyclic) bond motifs is 1. The molecular formula is C20H22N6O2S3. The van der Waals surface area contributed by atoms with E-state index in [0.29, 0.717) is 29.6 Å². The number of benzene rings is 1. The van der Waals surface area contributed by atoms with Gasteiger partial charge in [0.2, 0.25) is 10.0 Å². The summed E-state index contributed by atoms with van der Waals surface area (Å²) in [5.41, 5.74) is 2.50. The van der Waals surface area contributed by atoms with Crippen LogP contribution >= 0.6 is 23.1 Å². The van der Waals surface area contributed by atoms with E-state index < -0.39 is 10.0 Å². The van der Waals surface area contributed by atoms with Crippen molar-refractivity contribution in [2.24, 2.45) is 0 Å². The van der Waals surface area contributed by atoms with Crippen LogP contribution in [0.15, 0.2) is 64.1 Å². The van der Waals surface area contributed by atoms with Gasteiger partial charge in [0.1, 0.15) is 0 Å². The summed E-state index contributed by atoms with van der Waals surface area (Å²) in [7, 11) is -3.55. The van der Waals surface area contributed by atoms with Crippen molar-refractivity contribution in [1.29, 1.82) is 0 Å². The molecule has 4 aromatic rings. The van der Waals surface area contributed by atoms with Gasteiger partial charge in [-0.05, 0) is 24.3 Å². The Bertz CT molecular complexity index is 1270. The quantitative estimate of drug-likeness (QED) is 0.363. The van der Waals surface area contributed by atoms with Gasteiger partial charge in [0, 0.05) is 36.1 Å². The third kappa shape index (κ3) is 4.74. The summed E-state index contributed by atoms with van der Waals surface area (Å²) < 4.78 is 28.9. The van der Waals surface area contributed by atoms with E-state index in [1.807, 2.05) is 49.6 Å². The van der Waals surface area contributed by atoms with E-state index in [1.54, 1.807) is 22.7 Å². The maximum absolute atomic E-state index is 12.9. The molecule has 1 N–H and O–H groups in total. The average Bonchev–Trinajstić information content (AvgIpc) is 3.39. The highest BCUT2D eigenvalue weighted by atomic mass is 32.2. The molecule has 0 bridgehead atoms. The van der Waals surface area contributed by atoms with E-state index in [2.05, 4.69) is 20.5 Å². The van der Waals surface area contributed by atoms with Crippen molar-refractivity contribution in [1.82, 2.24) is 23.9 Å². The molecule has 0 spiro atoms. The Hall–Kier alpha value is -2.47. The summed E-state index contributed by atoms with van der Waals surface area (Å²) in [6.07, 6.45) is 1.59. The molecule has 0 aliphatic heterocycles. The molecule has 0 aliphatic carbocycles. The van der Waals surface area contributed by atoms with Gasteiger partial charge in [0.15, 0.2) is 15.9 Å². The van der Waals surface area contributed by atoms with Crippen molar-refractivity contribution < 1.29 is 8.42 Å². The fourth-order valence-corrected chi connectivity index (χ4v) is 6.13. The minimum absolute atomic E-state index is 0.230. The highest BCUT2D eigenvalue weighted by Crippen LogP contribution is 2.27. The van der Waals surface area contributed by atoms with Crippen LogP contribution in [0.5, 0.6) is 0 Å². The van der Waals surface area contributed by atoms with E-state index in [1.165, 1.54) is 27.4 Å². The Morgan fingerprint density at radius 3 is 2.61 bits per heavy atom. The van der Waals surface area contributed by atoms with Crippen LogP contribution in [0.4, 0.5) is 10.8 Å². The third-order valence-electron chi connectivity index (χ3n) is 4.61. The fraction of sp³-hybridized carbons (Fsp3) is 0.250. The van der Waals surface area contributed by atoms with Crippen molar-refractivity contribution >= 4 is 49.6 Å². The number of hydrogen-bond donors (Lipinski definition) is 1. The van der Waals surface area contributed by atoms with Crippen molar-refractivity contribution in [3.05, 3.63) is 59.7 Å². The molecule has 1 aromatic carbocycles. The molecule has 0 saturated carbocycles. The van der Waals surface area contributed by atoms with Crippen LogP contribution in [0.1, 0.15) is 19.5 Å². The Kier molecular flexibility index (Phi) is 6.56. The second kappa shape index (κ2) is 9.35. The van der Waals surface area contributed by atoms with E-state index in [9.17, 15) is 8.42 Å². The number of sulfonamides is 1. The normalized spacial score (nSPS) is 12.0. The first-order chi connectivity index (χ1) is 15.0. The standard InChI is InChI=1S/C20H22N6O2S3/c1-3-25(4-2)31(27,28)17-10-11-18-23-24-20(26(18)12-17)30-14-16-13-29-19(22-16)21-15-8-6-5-7-9-15/h5-13H,3-4,14H2,1-2H3,(H,21,22). The molecule has 0 saturated heterocycles. The number of para-hydroxylation sites is 1. The molecule has 0 amide bonds. The summed E-state index contributed by atoms with van der Waals surface area (Å²) in [4.78, 5) is 4.84. The predicted molar refractivity (Wildman–Crippen MR) is 124 cm³/mol. The van der Waals surface area contributed by atoms with E-state index >= 15 is 0 Å². The molecule has 11 heteroatoms. The largest absolute Gasteiger partial charge is 0.332 e. The first kappa shape index (κ1) is 21.8. The predicted octanol–water partition coefficient (Wildman–Crippen LogP) is 4.25. The maximum atomic E-state index is 12.9. The SMILES string of the molecule is CCN(CC)S(=O)(=O)c1ccc2nnc(SCc3csc(Nc4ccccc4)n3)n2c1. The van der Waals surface area contributed by atoms with Gasteiger partial charge in [0.05, 0.1) is 10.6 Å². The van der Waals surface area contributed by atoms with Crippen LogP contribution in [0.2, 0.25) is 0 Å². The van der Waals surface area contributed by atoms with Gasteiger partial charge in [-0.2, -0.15) is 4.31 Å². The Morgan fingerprint density at radius 2 is 1.87 bits per heavy atom. The van der Waals surface area contributed by atoms with Gasteiger partial charge >= 0.3 is 0 Å². The average molecular weight is 475 g/mol. The molecule has 0 radical (unpaired) electrons. The molecule has 0 atom stereocenters. The Morgan fingerprint density at radius 1 is 1.10 bits per heavy atom. The number of nitrogens with zero attached hydrogens (tertiary/aromatic N) is 5. The number of aromatic nitrogens is 4. The molecule has 3 heterocycles. The second-order valence-corrected chi connectivity index (χ2v) is 10.3. The van der Waals surface area contributed by atoms with Crippen LogP contribution in [0.3, 0.4) is 0 Å². The molecule has 4 rings (SSSR count). The number of pyridine rings is 1. The topological polar surface area (TPSA) is 92.5 Å². The number of rotatable bonds is 9. The van der Waals surface area contributed by atoms with Crippen LogP contribution < -0.4 is 5.32 Å². The summed E-state index contributed by atoms with van der Waals surface area (Å²) in [6, 6.07) is 13.1. The molecule has 162 valence electrons. The summed E-state index contributed by atoms with van der Waals surface area (Å²) >= 11 is 3.00. The minimum Gasteiger partial charge on any atom is -0.332 e. The number of thioether (sulfide) groups is 1. The highest BCUT2D eigenvalue weighted by Gasteiger charge is 2.22. The fourth-order valence-electron chi connectivity index (χ4n) is 3.03. The molecule has 0 fully saturated rings. The zero-order chi connectivity index (χ0) is 21.8. The van der Waals surface area contributed by atoms with Crippen LogP contribution in [-0.4, -0.2) is 45.4 Å². The minimum atomic E-state index is -3.55. The van der Waals surface area contributed by atoms with E-state index in [0.717, 1.165) is 16.5 Å². The second-order valence-electron chi connectivity index (χ2n) is 6.59. The molecular weight excluding hydrogens is 452 g/mol. The van der Waals surface area contributed by atoms with Crippen LogP contribution in [0.25, 0.3) is 5.65 Å². The third-order valence-corrected chi connectivity index (χ3v) is 8.43. The zero-order valence-electron chi connectivity index (χ0n) is 17.1. The number of anilines is 2. The first-order valence-corrected chi connectivity index (χ1v) is 13.1. The van der Waals surface area contributed by atoms with Crippen molar-refractivity contribution in [2.45, 2.75) is 29.7 Å². The lowest BCUT2D eigenvalue weighted by Crippen LogP contribution is -2.30. The monoisotopic (exact) mass is 474 g/mol. The smallest absolute Gasteiger partial charge is 0.244 e. The molecule has 3 aromatic heterocycles. The lowest BCUT2D eigenvalue weighted by atomic mass is 10.3. The van der Waals surface area contributed by atoms with Crippen LogP contribution in [0, 0.1) is 0 Å². The highest BCUT2D eigenvalue weighted by molar-refractivity contribution is 7.98. The van der Waals surface area contributed by atoms with Gasteiger partial charge in [-0.1, -0.05) is 43.8 Å². The lowest BCUT2D eigenvalue weighted by molar-refractivity contribution is 0.445. The Labute approximate surface area is 189 Å². The number of thiazole rings is 1. The first-order valence-electron chi connectivity index (χ1n) is 9.75. The van der Waals surface area contributed by atoms with Crippen molar-refractivity contribution in [3.63, 3.8) is 0 Å². The number of hydrogen-bond acceptors (Lipinski definition) is 8. The molecule has 0 aliphatic rings. The zero-order valence-corrected chi connectivity index (χ0v) is 19.5. The number of nitrogens with one attached hydrogen (secondary N) is 1. The van der Waals surface area contributed by atoms with Crippen molar-refractivity contribution in [3.8, 4) is 0 Å². The van der Waals surface area contributed by atoms with Gasteiger partial charge < -0.3 is 5.32 Å². The van der Waals surface area contributed by atoms with E-state index in [-0.39, 0.29) is 4.90 Å². The lowest BCUT2D eigenvalue weighted by Gasteiger charge is -2.18. The Balaban J connectivity index is 1.50. The molecule has 8 nitrogen and oxygen atoms in total. The molecule has 31 heavy (non-hydrogen) atoms. The van der Waals surface area contributed by atoms with Gasteiger partial charge in [0.25, 0.3) is 0 Å². The van der Waals surface area contributed by atoms with Gasteiger partial charge in [-0.3, -0.25) is 4.40 Å². The molecule has 0 unspecified atom stereocenters. The van der Waals surface area contributed by atoms with E-state index in [4.69, 9.17) is 0 Å². The van der Waals surface area contributed by atoms with Gasteiger partial charge in [-0.15, -0.1) is 21.5 Å². The summed E-state index contributed by atoms with van der Waals surface area (Å²) in [5, 5.41) is 15.1. The van der Waals surface area contributed by atoms with Gasteiger partial charge in [-0.25, -0.2) is 13.4 Å².